The van der Waals surface area contributed by atoms with Crippen LogP contribution >= 0.6 is 23.2 Å². The van der Waals surface area contributed by atoms with Crippen molar-refractivity contribution >= 4 is 45.9 Å². The molecule has 4 nitrogen and oxygen atoms in total. The lowest BCUT2D eigenvalue weighted by Gasteiger charge is -2.02. The Morgan fingerprint density at radius 3 is 2.81 bits per heavy atom. The average molecular weight is 321 g/mol. The predicted octanol–water partition coefficient (Wildman–Crippen LogP) is 4.76. The molecule has 1 N–H and O–H groups in total. The van der Waals surface area contributed by atoms with Gasteiger partial charge in [-0.1, -0.05) is 29.3 Å². The Balaban J connectivity index is 2.08. The van der Waals surface area contributed by atoms with Crippen LogP contribution in [-0.2, 0) is 4.79 Å². The molecule has 1 heterocycles. The zero-order valence-electron chi connectivity index (χ0n) is 11.0. The second-order valence-electron chi connectivity index (χ2n) is 4.52. The fourth-order valence-electron chi connectivity index (χ4n) is 2.02. The highest BCUT2D eigenvalue weighted by Crippen LogP contribution is 2.32. The third-order valence-electron chi connectivity index (χ3n) is 2.84. The molecule has 3 aromatic rings. The molecule has 0 fully saturated rings. The van der Waals surface area contributed by atoms with E-state index in [9.17, 15) is 4.79 Å². The van der Waals surface area contributed by atoms with Crippen molar-refractivity contribution < 1.29 is 9.21 Å². The molecule has 0 saturated carbocycles. The number of carbonyl (C=O) groups excluding carboxylic acids is 1. The summed E-state index contributed by atoms with van der Waals surface area (Å²) < 4.78 is 5.69. The summed E-state index contributed by atoms with van der Waals surface area (Å²) in [4.78, 5) is 15.5. The zero-order valence-corrected chi connectivity index (χ0v) is 12.5. The Morgan fingerprint density at radius 1 is 1.24 bits per heavy atom. The summed E-state index contributed by atoms with van der Waals surface area (Å²) in [7, 11) is 0. The van der Waals surface area contributed by atoms with Crippen LogP contribution in [0.4, 0.5) is 5.69 Å². The van der Waals surface area contributed by atoms with Gasteiger partial charge in [0.05, 0.1) is 5.02 Å². The SMILES string of the molecule is CC(=O)Nc1cccc(-c2nc3cc(Cl)cc(Cl)c3o2)c1. The minimum Gasteiger partial charge on any atom is -0.435 e. The van der Waals surface area contributed by atoms with Crippen LogP contribution in [-0.4, -0.2) is 10.9 Å². The van der Waals surface area contributed by atoms with Gasteiger partial charge >= 0.3 is 0 Å². The molecule has 0 saturated heterocycles. The van der Waals surface area contributed by atoms with Gasteiger partial charge in [-0.25, -0.2) is 4.98 Å². The largest absolute Gasteiger partial charge is 0.435 e. The van der Waals surface area contributed by atoms with E-state index in [2.05, 4.69) is 10.3 Å². The summed E-state index contributed by atoms with van der Waals surface area (Å²) in [5.41, 5.74) is 2.49. The summed E-state index contributed by atoms with van der Waals surface area (Å²) in [6, 6.07) is 10.5. The fourth-order valence-corrected chi connectivity index (χ4v) is 2.54. The highest BCUT2D eigenvalue weighted by molar-refractivity contribution is 6.38. The van der Waals surface area contributed by atoms with Crippen LogP contribution in [0, 0.1) is 0 Å². The topological polar surface area (TPSA) is 55.1 Å². The Bertz CT molecular complexity index is 843. The van der Waals surface area contributed by atoms with E-state index in [4.69, 9.17) is 27.6 Å². The van der Waals surface area contributed by atoms with E-state index in [0.717, 1.165) is 5.56 Å². The molecule has 0 aliphatic carbocycles. The fraction of sp³-hybridized carbons (Fsp3) is 0.0667. The first-order valence-electron chi connectivity index (χ1n) is 6.16. The quantitative estimate of drug-likeness (QED) is 0.740. The van der Waals surface area contributed by atoms with Gasteiger partial charge in [0.2, 0.25) is 11.8 Å². The monoisotopic (exact) mass is 320 g/mol. The van der Waals surface area contributed by atoms with Gasteiger partial charge in [-0.2, -0.15) is 0 Å². The zero-order chi connectivity index (χ0) is 15.0. The summed E-state index contributed by atoms with van der Waals surface area (Å²) in [6.45, 7) is 1.45. The van der Waals surface area contributed by atoms with Crippen molar-refractivity contribution in [3.8, 4) is 11.5 Å². The van der Waals surface area contributed by atoms with Gasteiger partial charge in [0, 0.05) is 23.2 Å². The van der Waals surface area contributed by atoms with Crippen LogP contribution in [0.15, 0.2) is 40.8 Å². The molecule has 0 bridgehead atoms. The van der Waals surface area contributed by atoms with E-state index in [1.54, 1.807) is 24.3 Å². The highest BCUT2D eigenvalue weighted by atomic mass is 35.5. The van der Waals surface area contributed by atoms with Crippen molar-refractivity contribution in [3.05, 3.63) is 46.4 Å². The molecule has 6 heteroatoms. The van der Waals surface area contributed by atoms with Crippen LogP contribution in [0.1, 0.15) is 6.92 Å². The number of benzene rings is 2. The van der Waals surface area contributed by atoms with E-state index in [1.807, 2.05) is 12.1 Å². The van der Waals surface area contributed by atoms with Gasteiger partial charge in [0.1, 0.15) is 5.52 Å². The first-order valence-corrected chi connectivity index (χ1v) is 6.92. The third kappa shape index (κ3) is 2.86. The standard InChI is InChI=1S/C15H10Cl2N2O2/c1-8(20)18-11-4-2-3-9(5-11)15-19-13-7-10(16)6-12(17)14(13)21-15/h2-7H,1H3,(H,18,20). The van der Waals surface area contributed by atoms with Crippen molar-refractivity contribution in [3.63, 3.8) is 0 Å². The number of nitrogens with one attached hydrogen (secondary N) is 1. The molecule has 3 rings (SSSR count). The number of aromatic nitrogens is 1. The number of hydrogen-bond donors (Lipinski definition) is 1. The second kappa shape index (κ2) is 5.39. The van der Waals surface area contributed by atoms with Gasteiger partial charge in [-0.05, 0) is 30.3 Å². The second-order valence-corrected chi connectivity index (χ2v) is 5.36. The molecule has 0 radical (unpaired) electrons. The minimum atomic E-state index is -0.139. The van der Waals surface area contributed by atoms with Crippen molar-refractivity contribution in [2.24, 2.45) is 0 Å². The van der Waals surface area contributed by atoms with Crippen molar-refractivity contribution in [1.29, 1.82) is 0 Å². The maximum Gasteiger partial charge on any atom is 0.227 e. The molecule has 106 valence electrons. The summed E-state index contributed by atoms with van der Waals surface area (Å²) in [5.74, 6) is 0.279. The first kappa shape index (κ1) is 13.9. The van der Waals surface area contributed by atoms with Gasteiger partial charge in [-0.3, -0.25) is 4.79 Å². The predicted molar refractivity (Wildman–Crippen MR) is 83.8 cm³/mol. The highest BCUT2D eigenvalue weighted by Gasteiger charge is 2.12. The first-order chi connectivity index (χ1) is 10.0. The van der Waals surface area contributed by atoms with E-state index in [0.29, 0.717) is 32.7 Å². The smallest absolute Gasteiger partial charge is 0.227 e. The third-order valence-corrected chi connectivity index (χ3v) is 3.34. The number of nitrogens with zero attached hydrogens (tertiary/aromatic N) is 1. The van der Waals surface area contributed by atoms with E-state index < -0.39 is 0 Å². The van der Waals surface area contributed by atoms with Gasteiger partial charge in [0.25, 0.3) is 0 Å². The van der Waals surface area contributed by atoms with Gasteiger partial charge in [0.15, 0.2) is 5.58 Å². The molecule has 1 amide bonds. The number of halogens is 2. The van der Waals surface area contributed by atoms with E-state index >= 15 is 0 Å². The van der Waals surface area contributed by atoms with Crippen molar-refractivity contribution in [1.82, 2.24) is 4.98 Å². The molecular formula is C15H10Cl2N2O2. The number of fused-ring (bicyclic) bond motifs is 1. The molecule has 21 heavy (non-hydrogen) atoms. The van der Waals surface area contributed by atoms with Crippen LogP contribution in [0.3, 0.4) is 0 Å². The Hall–Kier alpha value is -2.04. The maximum absolute atomic E-state index is 11.1. The summed E-state index contributed by atoms with van der Waals surface area (Å²) in [5, 5.41) is 3.62. The molecule has 1 aromatic heterocycles. The lowest BCUT2D eigenvalue weighted by Crippen LogP contribution is -2.05. The molecule has 0 aliphatic heterocycles. The molecular weight excluding hydrogens is 311 g/mol. The summed E-state index contributed by atoms with van der Waals surface area (Å²) in [6.07, 6.45) is 0. The molecule has 0 aliphatic rings. The Kier molecular flexibility index (Phi) is 3.57. The minimum absolute atomic E-state index is 0.139. The number of oxazole rings is 1. The maximum atomic E-state index is 11.1. The lowest BCUT2D eigenvalue weighted by molar-refractivity contribution is -0.114. The van der Waals surface area contributed by atoms with Crippen molar-refractivity contribution in [2.75, 3.05) is 5.32 Å². The Morgan fingerprint density at radius 2 is 2.05 bits per heavy atom. The van der Waals surface area contributed by atoms with E-state index in [-0.39, 0.29) is 5.91 Å². The van der Waals surface area contributed by atoms with Crippen LogP contribution in [0.25, 0.3) is 22.6 Å². The van der Waals surface area contributed by atoms with E-state index in [1.165, 1.54) is 6.92 Å². The number of amides is 1. The molecule has 0 atom stereocenters. The molecule has 0 spiro atoms. The molecule has 2 aromatic carbocycles. The lowest BCUT2D eigenvalue weighted by atomic mass is 10.2. The van der Waals surface area contributed by atoms with Crippen LogP contribution in [0.2, 0.25) is 10.0 Å². The normalized spacial score (nSPS) is 10.8. The molecule has 0 unspecified atom stereocenters. The van der Waals surface area contributed by atoms with Crippen LogP contribution < -0.4 is 5.32 Å². The average Bonchev–Trinajstić information content (AvgIpc) is 2.82. The summed E-state index contributed by atoms with van der Waals surface area (Å²) >= 11 is 12.0. The van der Waals surface area contributed by atoms with Crippen LogP contribution in [0.5, 0.6) is 0 Å². The number of rotatable bonds is 2. The number of carbonyl (C=O) groups is 1. The number of hydrogen-bond acceptors (Lipinski definition) is 3. The van der Waals surface area contributed by atoms with Gasteiger partial charge < -0.3 is 9.73 Å². The van der Waals surface area contributed by atoms with Gasteiger partial charge in [-0.15, -0.1) is 0 Å². The Labute approximate surface area is 130 Å². The van der Waals surface area contributed by atoms with Crippen molar-refractivity contribution in [2.45, 2.75) is 6.92 Å². The number of anilines is 1.